The van der Waals surface area contributed by atoms with Crippen LogP contribution in [0, 0.1) is 0 Å². The normalized spacial score (nSPS) is 9.48. The lowest BCUT2D eigenvalue weighted by Crippen LogP contribution is -2.21. The Kier molecular flexibility index (Phi) is 10.5. The van der Waals surface area contributed by atoms with Crippen LogP contribution in [0.25, 0.3) is 0 Å². The number of rotatable bonds is 7. The fraction of sp³-hybridized carbons (Fsp3) is 0.357. The molecular weight excluding hydrogens is 359 g/mol. The van der Waals surface area contributed by atoms with Crippen LogP contribution >= 0.6 is 36.2 Å². The molecule has 9 heteroatoms. The van der Waals surface area contributed by atoms with Crippen LogP contribution in [0.15, 0.2) is 24.3 Å². The molecule has 1 heterocycles. The van der Waals surface area contributed by atoms with Crippen molar-refractivity contribution >= 4 is 47.2 Å². The van der Waals surface area contributed by atoms with E-state index in [2.05, 4.69) is 34.6 Å². The number of nitrogens with two attached hydrogens (primary N) is 1. The summed E-state index contributed by atoms with van der Waals surface area (Å²) < 4.78 is 5.65. The lowest BCUT2D eigenvalue weighted by Gasteiger charge is -2.05. The molecule has 0 atom stereocenters. The van der Waals surface area contributed by atoms with E-state index in [0.717, 1.165) is 17.2 Å². The van der Waals surface area contributed by atoms with Gasteiger partial charge < -0.3 is 10.5 Å². The number of amides is 1. The number of aromatic nitrogens is 2. The first-order chi connectivity index (χ1) is 10.2. The lowest BCUT2D eigenvalue weighted by atomic mass is 10.2. The number of benzene rings is 1. The average molecular weight is 379 g/mol. The number of nitrogens with zero attached hydrogens (tertiary/aromatic N) is 2. The molecule has 1 amide bonds. The van der Waals surface area contributed by atoms with Gasteiger partial charge in [0.2, 0.25) is 11.0 Å². The standard InChI is InChI=1S/C14H18N4O2S.2ClH/c1-2-10-3-5-11(6-4-10)20-8-7-13-17-18-14(21-13)16-12(19)9-15;;/h3-6H,2,7-9,15H2,1H3,(H,16,18,19);2*1H. The van der Waals surface area contributed by atoms with Crippen molar-refractivity contribution in [3.05, 3.63) is 34.8 Å². The van der Waals surface area contributed by atoms with E-state index in [1.54, 1.807) is 0 Å². The van der Waals surface area contributed by atoms with Gasteiger partial charge in [-0.25, -0.2) is 0 Å². The van der Waals surface area contributed by atoms with Crippen LogP contribution in [0.5, 0.6) is 5.75 Å². The zero-order valence-corrected chi connectivity index (χ0v) is 15.1. The monoisotopic (exact) mass is 378 g/mol. The fourth-order valence-corrected chi connectivity index (χ4v) is 2.39. The third-order valence-corrected chi connectivity index (χ3v) is 3.71. The van der Waals surface area contributed by atoms with Crippen molar-refractivity contribution in [2.24, 2.45) is 5.73 Å². The number of aryl methyl sites for hydroxylation is 1. The van der Waals surface area contributed by atoms with Gasteiger partial charge in [0.1, 0.15) is 10.8 Å². The van der Waals surface area contributed by atoms with Crippen molar-refractivity contribution in [3.63, 3.8) is 0 Å². The van der Waals surface area contributed by atoms with Crippen molar-refractivity contribution in [1.82, 2.24) is 10.2 Å². The molecule has 0 aliphatic carbocycles. The van der Waals surface area contributed by atoms with Gasteiger partial charge in [-0.05, 0) is 24.1 Å². The third kappa shape index (κ3) is 7.13. The zero-order chi connectivity index (χ0) is 15.1. The Bertz CT molecular complexity index is 593. The van der Waals surface area contributed by atoms with E-state index < -0.39 is 0 Å². The summed E-state index contributed by atoms with van der Waals surface area (Å²) in [6, 6.07) is 8.04. The van der Waals surface area contributed by atoms with Crippen LogP contribution in [0.3, 0.4) is 0 Å². The van der Waals surface area contributed by atoms with E-state index in [4.69, 9.17) is 10.5 Å². The highest BCUT2D eigenvalue weighted by molar-refractivity contribution is 7.15. The second kappa shape index (κ2) is 11.2. The molecule has 0 aliphatic rings. The van der Waals surface area contributed by atoms with E-state index in [0.29, 0.717) is 18.2 Å². The minimum atomic E-state index is -0.273. The van der Waals surface area contributed by atoms with Gasteiger partial charge in [0.05, 0.1) is 13.2 Å². The highest BCUT2D eigenvalue weighted by atomic mass is 35.5. The molecule has 2 rings (SSSR count). The quantitative estimate of drug-likeness (QED) is 0.771. The van der Waals surface area contributed by atoms with Gasteiger partial charge in [0.25, 0.3) is 0 Å². The van der Waals surface area contributed by atoms with E-state index in [1.807, 2.05) is 12.1 Å². The summed E-state index contributed by atoms with van der Waals surface area (Å²) in [5.74, 6) is 0.568. The van der Waals surface area contributed by atoms with Crippen LogP contribution in [0.1, 0.15) is 17.5 Å². The number of nitrogens with one attached hydrogen (secondary N) is 1. The number of anilines is 1. The lowest BCUT2D eigenvalue weighted by molar-refractivity contribution is -0.114. The molecule has 0 fully saturated rings. The molecule has 0 bridgehead atoms. The first-order valence-electron chi connectivity index (χ1n) is 6.75. The van der Waals surface area contributed by atoms with Crippen molar-refractivity contribution in [1.29, 1.82) is 0 Å². The number of ether oxygens (including phenoxy) is 1. The maximum Gasteiger partial charge on any atom is 0.239 e. The van der Waals surface area contributed by atoms with Gasteiger partial charge in [0, 0.05) is 6.42 Å². The van der Waals surface area contributed by atoms with Crippen LogP contribution in [0.2, 0.25) is 0 Å². The third-order valence-electron chi connectivity index (χ3n) is 2.81. The van der Waals surface area contributed by atoms with Gasteiger partial charge in [-0.2, -0.15) is 0 Å². The molecule has 23 heavy (non-hydrogen) atoms. The Labute approximate surface area is 151 Å². The number of halogens is 2. The second-order valence-electron chi connectivity index (χ2n) is 4.35. The molecule has 1 aromatic carbocycles. The van der Waals surface area contributed by atoms with Gasteiger partial charge in [0.15, 0.2) is 0 Å². The van der Waals surface area contributed by atoms with Crippen LogP contribution < -0.4 is 15.8 Å². The minimum absolute atomic E-state index is 0. The Morgan fingerprint density at radius 1 is 1.26 bits per heavy atom. The number of carbonyl (C=O) groups is 1. The maximum atomic E-state index is 11.1. The molecule has 0 radical (unpaired) electrons. The molecule has 0 spiro atoms. The highest BCUT2D eigenvalue weighted by Crippen LogP contribution is 2.17. The summed E-state index contributed by atoms with van der Waals surface area (Å²) in [4.78, 5) is 11.1. The zero-order valence-electron chi connectivity index (χ0n) is 12.7. The predicted molar refractivity (Wildman–Crippen MR) is 97.1 cm³/mol. The van der Waals surface area contributed by atoms with Crippen molar-refractivity contribution in [2.75, 3.05) is 18.5 Å². The molecule has 2 aromatic rings. The van der Waals surface area contributed by atoms with E-state index >= 15 is 0 Å². The summed E-state index contributed by atoms with van der Waals surface area (Å²) in [5, 5.41) is 11.7. The molecule has 6 nitrogen and oxygen atoms in total. The van der Waals surface area contributed by atoms with Crippen molar-refractivity contribution < 1.29 is 9.53 Å². The molecule has 0 unspecified atom stereocenters. The number of hydrogen-bond acceptors (Lipinski definition) is 6. The Hall–Kier alpha value is -1.41. The van der Waals surface area contributed by atoms with Crippen LogP contribution in [0.4, 0.5) is 5.13 Å². The minimum Gasteiger partial charge on any atom is -0.493 e. The van der Waals surface area contributed by atoms with Crippen molar-refractivity contribution in [2.45, 2.75) is 19.8 Å². The van der Waals surface area contributed by atoms with Gasteiger partial charge in [-0.15, -0.1) is 35.0 Å². The topological polar surface area (TPSA) is 90.1 Å². The molecular formula is C14H20Cl2N4O2S. The first kappa shape index (κ1) is 21.6. The molecule has 0 saturated carbocycles. The molecule has 0 aliphatic heterocycles. The molecule has 0 saturated heterocycles. The predicted octanol–water partition coefficient (Wildman–Crippen LogP) is 2.46. The molecule has 3 N–H and O–H groups in total. The second-order valence-corrected chi connectivity index (χ2v) is 5.41. The van der Waals surface area contributed by atoms with E-state index in [-0.39, 0.29) is 37.3 Å². The maximum absolute atomic E-state index is 11.1. The van der Waals surface area contributed by atoms with E-state index in [9.17, 15) is 4.79 Å². The first-order valence-corrected chi connectivity index (χ1v) is 7.57. The molecule has 128 valence electrons. The average Bonchev–Trinajstić information content (AvgIpc) is 2.95. The summed E-state index contributed by atoms with van der Waals surface area (Å²) in [6.07, 6.45) is 1.66. The SMILES string of the molecule is CCc1ccc(OCCc2nnc(NC(=O)CN)s2)cc1.Cl.Cl. The Morgan fingerprint density at radius 2 is 1.96 bits per heavy atom. The Morgan fingerprint density at radius 3 is 2.57 bits per heavy atom. The fourth-order valence-electron chi connectivity index (χ4n) is 1.65. The Balaban J connectivity index is 0.00000242. The van der Waals surface area contributed by atoms with Gasteiger partial charge in [-0.1, -0.05) is 30.4 Å². The summed E-state index contributed by atoms with van der Waals surface area (Å²) >= 11 is 1.33. The summed E-state index contributed by atoms with van der Waals surface area (Å²) in [7, 11) is 0. The number of carbonyl (C=O) groups excluding carboxylic acids is 1. The van der Waals surface area contributed by atoms with Crippen LogP contribution in [-0.2, 0) is 17.6 Å². The smallest absolute Gasteiger partial charge is 0.239 e. The van der Waals surface area contributed by atoms with E-state index in [1.165, 1.54) is 16.9 Å². The van der Waals surface area contributed by atoms with Gasteiger partial charge in [-0.3, -0.25) is 10.1 Å². The summed E-state index contributed by atoms with van der Waals surface area (Å²) in [6.45, 7) is 2.57. The van der Waals surface area contributed by atoms with Crippen LogP contribution in [-0.4, -0.2) is 29.3 Å². The molecule has 1 aromatic heterocycles. The number of hydrogen-bond donors (Lipinski definition) is 2. The summed E-state index contributed by atoms with van der Waals surface area (Å²) in [5.41, 5.74) is 6.50. The van der Waals surface area contributed by atoms with Gasteiger partial charge >= 0.3 is 0 Å². The highest BCUT2D eigenvalue weighted by Gasteiger charge is 2.07. The van der Waals surface area contributed by atoms with Crippen molar-refractivity contribution in [3.8, 4) is 5.75 Å². The largest absolute Gasteiger partial charge is 0.493 e.